The second kappa shape index (κ2) is 5.07. The molecule has 2 aromatic carbocycles. The van der Waals surface area contributed by atoms with E-state index in [0.29, 0.717) is 5.71 Å². The number of aromatic nitrogens is 3. The number of rotatable bonds is 2. The quantitative estimate of drug-likeness (QED) is 0.552. The van der Waals surface area contributed by atoms with Gasteiger partial charge >= 0.3 is 0 Å². The molecule has 0 aliphatic heterocycles. The Labute approximate surface area is 127 Å². The normalized spacial score (nSPS) is 11.0. The topological polar surface area (TPSA) is 51.8 Å². The van der Waals surface area contributed by atoms with Gasteiger partial charge in [-0.2, -0.15) is 0 Å². The minimum atomic E-state index is 0.453. The Hall–Kier alpha value is -3.01. The largest absolute Gasteiger partial charge is 0.334 e. The molecular formula is C18H13N3O. The van der Waals surface area contributed by atoms with Crippen LogP contribution in [0.1, 0.15) is 5.56 Å². The molecule has 22 heavy (non-hydrogen) atoms. The fourth-order valence-corrected chi connectivity index (χ4v) is 2.43. The molecule has 0 radical (unpaired) electrons. The van der Waals surface area contributed by atoms with E-state index in [1.165, 1.54) is 5.56 Å². The number of fused-ring (bicyclic) bond motifs is 1. The van der Waals surface area contributed by atoms with Crippen LogP contribution in [0.25, 0.3) is 33.6 Å². The van der Waals surface area contributed by atoms with Gasteiger partial charge in [-0.25, -0.2) is 0 Å². The average Bonchev–Trinajstić information content (AvgIpc) is 2.99. The summed E-state index contributed by atoms with van der Waals surface area (Å²) in [7, 11) is 0. The molecule has 2 aromatic heterocycles. The summed E-state index contributed by atoms with van der Waals surface area (Å²) in [5.74, 6) is 0. The van der Waals surface area contributed by atoms with Gasteiger partial charge in [-0.1, -0.05) is 65.3 Å². The lowest BCUT2D eigenvalue weighted by atomic mass is 10.1. The van der Waals surface area contributed by atoms with Gasteiger partial charge in [0.05, 0.1) is 11.1 Å². The molecule has 0 spiro atoms. The lowest BCUT2D eigenvalue weighted by Gasteiger charge is -2.01. The van der Waals surface area contributed by atoms with E-state index in [-0.39, 0.29) is 0 Å². The number of benzene rings is 2. The minimum Gasteiger partial charge on any atom is -0.334 e. The Balaban J connectivity index is 1.88. The monoisotopic (exact) mass is 287 g/mol. The van der Waals surface area contributed by atoms with Crippen molar-refractivity contribution in [2.45, 2.75) is 6.92 Å². The van der Waals surface area contributed by atoms with Crippen LogP contribution in [-0.2, 0) is 0 Å². The smallest absolute Gasteiger partial charge is 0.277 e. The average molecular weight is 287 g/mol. The van der Waals surface area contributed by atoms with Gasteiger partial charge in [0.15, 0.2) is 0 Å². The summed E-state index contributed by atoms with van der Waals surface area (Å²) in [6.45, 7) is 2.06. The molecule has 0 saturated heterocycles. The Morgan fingerprint density at radius 3 is 2.36 bits per heavy atom. The van der Waals surface area contributed by atoms with Crippen molar-refractivity contribution in [3.05, 3.63) is 66.2 Å². The fourth-order valence-electron chi connectivity index (χ4n) is 2.43. The van der Waals surface area contributed by atoms with Gasteiger partial charge in [-0.05, 0) is 13.0 Å². The van der Waals surface area contributed by atoms with Gasteiger partial charge in [0.2, 0.25) is 0 Å². The molecule has 0 aliphatic carbocycles. The van der Waals surface area contributed by atoms with Gasteiger partial charge in [0.25, 0.3) is 5.71 Å². The molecule has 0 unspecified atom stereocenters. The molecule has 4 heteroatoms. The molecule has 0 bridgehead atoms. The Morgan fingerprint density at radius 2 is 1.59 bits per heavy atom. The Bertz CT molecular complexity index is 928. The van der Waals surface area contributed by atoms with Crippen LogP contribution < -0.4 is 0 Å². The molecule has 0 amide bonds. The summed E-state index contributed by atoms with van der Waals surface area (Å²) in [6, 6.07) is 20.1. The van der Waals surface area contributed by atoms with E-state index in [0.717, 1.165) is 27.9 Å². The van der Waals surface area contributed by atoms with Crippen molar-refractivity contribution in [2.24, 2.45) is 0 Å². The van der Waals surface area contributed by atoms with Crippen molar-refractivity contribution in [2.75, 3.05) is 0 Å². The molecule has 0 N–H and O–H groups in total. The highest BCUT2D eigenvalue weighted by atomic mass is 16.5. The first-order valence-corrected chi connectivity index (χ1v) is 7.07. The van der Waals surface area contributed by atoms with E-state index in [4.69, 9.17) is 4.52 Å². The maximum Gasteiger partial charge on any atom is 0.277 e. The molecule has 4 aromatic rings. The third-order valence-electron chi connectivity index (χ3n) is 3.63. The van der Waals surface area contributed by atoms with Gasteiger partial charge < -0.3 is 4.52 Å². The number of hydrogen-bond acceptors (Lipinski definition) is 4. The van der Waals surface area contributed by atoms with E-state index in [1.807, 2.05) is 48.5 Å². The van der Waals surface area contributed by atoms with Crippen molar-refractivity contribution >= 4 is 11.1 Å². The summed E-state index contributed by atoms with van der Waals surface area (Å²) in [6.07, 6.45) is 0. The first-order valence-electron chi connectivity index (χ1n) is 7.07. The summed E-state index contributed by atoms with van der Waals surface area (Å²) < 4.78 is 5.29. The van der Waals surface area contributed by atoms with E-state index in [1.54, 1.807) is 0 Å². The van der Waals surface area contributed by atoms with Gasteiger partial charge in [-0.3, -0.25) is 0 Å². The Morgan fingerprint density at radius 1 is 0.818 bits per heavy atom. The molecule has 0 saturated carbocycles. The highest BCUT2D eigenvalue weighted by Crippen LogP contribution is 2.29. The molecule has 106 valence electrons. The predicted octanol–water partition coefficient (Wildman–Crippen LogP) is 4.26. The van der Waals surface area contributed by atoms with Crippen LogP contribution in [0, 0.1) is 6.92 Å². The molecule has 4 nitrogen and oxygen atoms in total. The van der Waals surface area contributed by atoms with Gasteiger partial charge in [-0.15, -0.1) is 10.2 Å². The maximum absolute atomic E-state index is 5.29. The zero-order valence-electron chi connectivity index (χ0n) is 12.0. The highest BCUT2D eigenvalue weighted by molar-refractivity contribution is 5.91. The van der Waals surface area contributed by atoms with Crippen molar-refractivity contribution in [1.29, 1.82) is 0 Å². The summed E-state index contributed by atoms with van der Waals surface area (Å²) in [4.78, 5) is 0. The standard InChI is InChI=1S/C18H13N3O/c1-12-7-9-13(10-8-12)16-11-15-17(14-5-3-2-4-6-14)21-22-18(15)20-19-16/h2-11H,1H3. The maximum atomic E-state index is 5.29. The predicted molar refractivity (Wildman–Crippen MR) is 85.2 cm³/mol. The number of hydrogen-bond donors (Lipinski definition) is 0. The molecule has 2 heterocycles. The second-order valence-corrected chi connectivity index (χ2v) is 5.21. The number of nitrogens with zero attached hydrogens (tertiary/aromatic N) is 3. The Kier molecular flexibility index (Phi) is 2.93. The second-order valence-electron chi connectivity index (χ2n) is 5.21. The highest BCUT2D eigenvalue weighted by Gasteiger charge is 2.13. The van der Waals surface area contributed by atoms with Crippen LogP contribution in [0.5, 0.6) is 0 Å². The lowest BCUT2D eigenvalue weighted by molar-refractivity contribution is 0.449. The van der Waals surface area contributed by atoms with Crippen molar-refractivity contribution in [3.8, 4) is 22.5 Å². The van der Waals surface area contributed by atoms with E-state index < -0.39 is 0 Å². The zero-order valence-corrected chi connectivity index (χ0v) is 12.0. The summed E-state index contributed by atoms with van der Waals surface area (Å²) in [5.41, 5.74) is 5.30. The van der Waals surface area contributed by atoms with Crippen LogP contribution in [0.15, 0.2) is 65.2 Å². The van der Waals surface area contributed by atoms with Crippen LogP contribution in [0.3, 0.4) is 0 Å². The van der Waals surface area contributed by atoms with Crippen molar-refractivity contribution in [1.82, 2.24) is 15.4 Å². The third kappa shape index (κ3) is 2.15. The summed E-state index contributed by atoms with van der Waals surface area (Å²) >= 11 is 0. The molecule has 4 rings (SSSR count). The SMILES string of the molecule is Cc1ccc(-c2cc3c(-c4ccccc4)noc3nn2)cc1. The zero-order chi connectivity index (χ0) is 14.9. The van der Waals surface area contributed by atoms with Crippen LogP contribution in [0.2, 0.25) is 0 Å². The van der Waals surface area contributed by atoms with E-state index in [2.05, 4.69) is 34.4 Å². The number of aryl methyl sites for hydroxylation is 1. The fraction of sp³-hybridized carbons (Fsp3) is 0.0556. The lowest BCUT2D eigenvalue weighted by Crippen LogP contribution is -1.88. The van der Waals surface area contributed by atoms with Crippen molar-refractivity contribution in [3.63, 3.8) is 0 Å². The van der Waals surface area contributed by atoms with E-state index in [9.17, 15) is 0 Å². The van der Waals surface area contributed by atoms with Gasteiger partial charge in [0.1, 0.15) is 5.69 Å². The molecule has 0 atom stereocenters. The first-order chi connectivity index (χ1) is 10.8. The molecule has 0 aliphatic rings. The van der Waals surface area contributed by atoms with E-state index >= 15 is 0 Å². The van der Waals surface area contributed by atoms with Crippen LogP contribution in [-0.4, -0.2) is 15.4 Å². The third-order valence-corrected chi connectivity index (χ3v) is 3.63. The summed E-state index contributed by atoms with van der Waals surface area (Å²) in [5, 5.41) is 13.4. The van der Waals surface area contributed by atoms with Crippen LogP contribution >= 0.6 is 0 Å². The van der Waals surface area contributed by atoms with Gasteiger partial charge in [0, 0.05) is 11.1 Å². The van der Waals surface area contributed by atoms with Crippen molar-refractivity contribution < 1.29 is 4.52 Å². The first kappa shape index (κ1) is 12.7. The molecular weight excluding hydrogens is 274 g/mol. The van der Waals surface area contributed by atoms with Crippen LogP contribution in [0.4, 0.5) is 0 Å². The minimum absolute atomic E-state index is 0.453. The molecule has 0 fully saturated rings.